The lowest BCUT2D eigenvalue weighted by atomic mass is 9.95. The molecule has 2 heteroatoms. The summed E-state index contributed by atoms with van der Waals surface area (Å²) in [6, 6.07) is 10.0. The van der Waals surface area contributed by atoms with Crippen LogP contribution in [0.4, 0.5) is 0 Å². The Bertz CT molecular complexity index is 341. The first-order chi connectivity index (χ1) is 6.86. The van der Waals surface area contributed by atoms with E-state index in [1.54, 1.807) is 0 Å². The minimum absolute atomic E-state index is 0.0117. The van der Waals surface area contributed by atoms with Crippen LogP contribution < -0.4 is 0 Å². The Labute approximate surface area is 83.2 Å². The van der Waals surface area contributed by atoms with Gasteiger partial charge < -0.3 is 4.74 Å². The highest BCUT2D eigenvalue weighted by Gasteiger charge is 2.21. The number of cyclic esters (lactones) is 1. The molecule has 0 aliphatic carbocycles. The number of esters is 1. The van der Waals surface area contributed by atoms with Gasteiger partial charge in [-0.15, -0.1) is 0 Å². The monoisotopic (exact) mass is 188 g/mol. The van der Waals surface area contributed by atoms with Gasteiger partial charge in [-0.05, 0) is 24.5 Å². The molecule has 0 bridgehead atoms. The number of rotatable bonds is 2. The van der Waals surface area contributed by atoms with Crippen LogP contribution in [0, 0.1) is 5.92 Å². The minimum atomic E-state index is -0.114. The van der Waals surface area contributed by atoms with Crippen molar-refractivity contribution in [3.8, 4) is 0 Å². The van der Waals surface area contributed by atoms with E-state index in [2.05, 4.69) is 0 Å². The molecule has 14 heavy (non-hydrogen) atoms. The van der Waals surface area contributed by atoms with Crippen LogP contribution in [-0.4, -0.2) is 5.97 Å². The average molecular weight is 188 g/mol. The maximum atomic E-state index is 11.3. The molecule has 0 aromatic heterocycles. The zero-order valence-corrected chi connectivity index (χ0v) is 7.85. The predicted molar refractivity (Wildman–Crippen MR) is 53.5 cm³/mol. The SMILES string of the molecule is O=C1OC=CCC1Cc1ccccc1. The highest BCUT2D eigenvalue weighted by molar-refractivity contribution is 5.74. The van der Waals surface area contributed by atoms with Crippen molar-refractivity contribution in [2.45, 2.75) is 12.8 Å². The Kier molecular flexibility index (Phi) is 2.63. The normalized spacial score (nSPS) is 20.6. The summed E-state index contributed by atoms with van der Waals surface area (Å²) in [5.41, 5.74) is 1.18. The average Bonchev–Trinajstić information content (AvgIpc) is 2.23. The van der Waals surface area contributed by atoms with E-state index in [4.69, 9.17) is 4.74 Å². The van der Waals surface area contributed by atoms with Crippen LogP contribution in [0.1, 0.15) is 12.0 Å². The summed E-state index contributed by atoms with van der Waals surface area (Å²) in [7, 11) is 0. The standard InChI is InChI=1S/C12H12O2/c13-12-11(7-4-8-14-12)9-10-5-2-1-3-6-10/h1-6,8,11H,7,9H2. The lowest BCUT2D eigenvalue weighted by molar-refractivity contribution is -0.143. The van der Waals surface area contributed by atoms with E-state index in [0.29, 0.717) is 0 Å². The summed E-state index contributed by atoms with van der Waals surface area (Å²) in [4.78, 5) is 11.3. The number of carbonyl (C=O) groups is 1. The minimum Gasteiger partial charge on any atom is -0.435 e. The van der Waals surface area contributed by atoms with E-state index in [1.165, 1.54) is 11.8 Å². The maximum Gasteiger partial charge on any atom is 0.314 e. The van der Waals surface area contributed by atoms with Gasteiger partial charge in [-0.3, -0.25) is 4.79 Å². The molecule has 1 aliphatic heterocycles. The van der Waals surface area contributed by atoms with Gasteiger partial charge in [0.05, 0.1) is 12.2 Å². The summed E-state index contributed by atoms with van der Waals surface area (Å²) < 4.78 is 4.84. The van der Waals surface area contributed by atoms with Gasteiger partial charge in [0.1, 0.15) is 0 Å². The third-order valence-electron chi connectivity index (χ3n) is 2.36. The Hall–Kier alpha value is -1.57. The number of carbonyl (C=O) groups excluding carboxylic acids is 1. The number of hydrogen-bond donors (Lipinski definition) is 0. The summed E-state index contributed by atoms with van der Waals surface area (Å²) in [5.74, 6) is -0.126. The van der Waals surface area contributed by atoms with Gasteiger partial charge >= 0.3 is 5.97 Å². The highest BCUT2D eigenvalue weighted by Crippen LogP contribution is 2.17. The second-order valence-electron chi connectivity index (χ2n) is 3.43. The first kappa shape index (κ1) is 9.00. The van der Waals surface area contributed by atoms with E-state index < -0.39 is 0 Å². The van der Waals surface area contributed by atoms with E-state index in [0.717, 1.165) is 12.8 Å². The van der Waals surface area contributed by atoms with Gasteiger partial charge in [-0.1, -0.05) is 30.3 Å². The molecule has 1 aromatic rings. The van der Waals surface area contributed by atoms with Crippen molar-refractivity contribution in [2.75, 3.05) is 0 Å². The van der Waals surface area contributed by atoms with Crippen LogP contribution in [0.2, 0.25) is 0 Å². The lowest BCUT2D eigenvalue weighted by Crippen LogP contribution is -2.20. The van der Waals surface area contributed by atoms with Gasteiger partial charge in [0.25, 0.3) is 0 Å². The molecule has 0 saturated heterocycles. The molecular formula is C12H12O2. The molecule has 1 atom stereocenters. The van der Waals surface area contributed by atoms with Crippen molar-refractivity contribution in [3.05, 3.63) is 48.2 Å². The van der Waals surface area contributed by atoms with E-state index in [-0.39, 0.29) is 11.9 Å². The maximum absolute atomic E-state index is 11.3. The molecule has 0 fully saturated rings. The largest absolute Gasteiger partial charge is 0.435 e. The fourth-order valence-corrected chi connectivity index (χ4v) is 1.59. The van der Waals surface area contributed by atoms with Gasteiger partial charge in [-0.2, -0.15) is 0 Å². The lowest BCUT2D eigenvalue weighted by Gasteiger charge is -2.15. The molecule has 0 amide bonds. The summed E-state index contributed by atoms with van der Waals surface area (Å²) in [6.07, 6.45) is 4.93. The van der Waals surface area contributed by atoms with Crippen LogP contribution in [0.25, 0.3) is 0 Å². The Morgan fingerprint density at radius 1 is 1.29 bits per heavy atom. The first-order valence-electron chi connectivity index (χ1n) is 4.75. The number of hydrogen-bond acceptors (Lipinski definition) is 2. The smallest absolute Gasteiger partial charge is 0.314 e. The highest BCUT2D eigenvalue weighted by atomic mass is 16.5. The van der Waals surface area contributed by atoms with E-state index >= 15 is 0 Å². The molecule has 1 aliphatic rings. The molecule has 2 nitrogen and oxygen atoms in total. The van der Waals surface area contributed by atoms with Gasteiger partial charge in [0.2, 0.25) is 0 Å². The zero-order valence-electron chi connectivity index (χ0n) is 7.85. The van der Waals surface area contributed by atoms with Crippen LogP contribution in [-0.2, 0) is 16.0 Å². The van der Waals surface area contributed by atoms with Crippen molar-refractivity contribution in [1.82, 2.24) is 0 Å². The first-order valence-corrected chi connectivity index (χ1v) is 4.75. The summed E-state index contributed by atoms with van der Waals surface area (Å²) >= 11 is 0. The number of benzene rings is 1. The van der Waals surface area contributed by atoms with Crippen molar-refractivity contribution in [2.24, 2.45) is 5.92 Å². The Balaban J connectivity index is 2.04. The summed E-state index contributed by atoms with van der Waals surface area (Å²) in [5, 5.41) is 0. The summed E-state index contributed by atoms with van der Waals surface area (Å²) in [6.45, 7) is 0. The Morgan fingerprint density at radius 2 is 2.07 bits per heavy atom. The van der Waals surface area contributed by atoms with E-state index in [9.17, 15) is 4.79 Å². The van der Waals surface area contributed by atoms with Gasteiger partial charge in [-0.25, -0.2) is 0 Å². The van der Waals surface area contributed by atoms with Crippen LogP contribution in [0.5, 0.6) is 0 Å². The quantitative estimate of drug-likeness (QED) is 0.666. The second kappa shape index (κ2) is 4.09. The third kappa shape index (κ3) is 2.02. The molecule has 1 aromatic carbocycles. The molecule has 1 unspecified atom stereocenters. The molecular weight excluding hydrogens is 176 g/mol. The van der Waals surface area contributed by atoms with Crippen LogP contribution >= 0.6 is 0 Å². The molecule has 72 valence electrons. The van der Waals surface area contributed by atoms with Crippen molar-refractivity contribution >= 4 is 5.97 Å². The van der Waals surface area contributed by atoms with Crippen molar-refractivity contribution in [3.63, 3.8) is 0 Å². The third-order valence-corrected chi connectivity index (χ3v) is 2.36. The number of ether oxygens (including phenoxy) is 1. The zero-order chi connectivity index (χ0) is 9.80. The van der Waals surface area contributed by atoms with Crippen molar-refractivity contribution < 1.29 is 9.53 Å². The fourth-order valence-electron chi connectivity index (χ4n) is 1.59. The predicted octanol–water partition coefficient (Wildman–Crippen LogP) is 2.31. The fraction of sp³-hybridized carbons (Fsp3) is 0.250. The molecule has 2 rings (SSSR count). The Morgan fingerprint density at radius 3 is 2.79 bits per heavy atom. The topological polar surface area (TPSA) is 26.3 Å². The molecule has 1 heterocycles. The molecule has 0 N–H and O–H groups in total. The second-order valence-corrected chi connectivity index (χ2v) is 3.43. The number of allylic oxidation sites excluding steroid dienone is 1. The molecule has 0 radical (unpaired) electrons. The van der Waals surface area contributed by atoms with E-state index in [1.807, 2.05) is 36.4 Å². The van der Waals surface area contributed by atoms with Gasteiger partial charge in [0, 0.05) is 0 Å². The van der Waals surface area contributed by atoms with Crippen LogP contribution in [0.3, 0.4) is 0 Å². The van der Waals surface area contributed by atoms with Crippen molar-refractivity contribution in [1.29, 1.82) is 0 Å². The molecule has 0 spiro atoms. The van der Waals surface area contributed by atoms with Gasteiger partial charge in [0.15, 0.2) is 0 Å². The molecule has 0 saturated carbocycles. The van der Waals surface area contributed by atoms with Crippen LogP contribution in [0.15, 0.2) is 42.7 Å².